The Bertz CT molecular complexity index is 623. The highest BCUT2D eigenvalue weighted by Crippen LogP contribution is 2.27. The minimum Gasteiger partial charge on any atom is -0.344 e. The van der Waals surface area contributed by atoms with E-state index >= 15 is 0 Å². The van der Waals surface area contributed by atoms with Gasteiger partial charge >= 0.3 is 0 Å². The minimum absolute atomic E-state index is 0.141. The quantitative estimate of drug-likeness (QED) is 0.864. The number of nitrogens with zero attached hydrogens (tertiary/aromatic N) is 4. The molecule has 2 aromatic rings. The maximum absolute atomic E-state index is 12.4. The van der Waals surface area contributed by atoms with Crippen LogP contribution < -0.4 is 4.90 Å². The molecule has 2 aromatic heterocycles. The molecular formula is C15H20N4O2S. The third kappa shape index (κ3) is 3.30. The molecule has 1 aliphatic heterocycles. The highest BCUT2D eigenvalue weighted by atomic mass is 32.1. The van der Waals surface area contributed by atoms with Gasteiger partial charge in [-0.15, -0.1) is 11.3 Å². The molecule has 0 aliphatic carbocycles. The number of carbonyl (C=O) groups excluding carboxylic acids is 1. The molecule has 0 bridgehead atoms. The van der Waals surface area contributed by atoms with E-state index in [9.17, 15) is 4.79 Å². The Balaban J connectivity index is 1.64. The van der Waals surface area contributed by atoms with Crippen LogP contribution in [0.3, 0.4) is 0 Å². The molecule has 0 radical (unpaired) electrons. The van der Waals surface area contributed by atoms with E-state index in [2.05, 4.69) is 10.1 Å². The molecule has 0 N–H and O–H groups in total. The normalized spacial score (nSPS) is 18.5. The van der Waals surface area contributed by atoms with Crippen molar-refractivity contribution in [2.45, 2.75) is 25.2 Å². The third-order valence-electron chi connectivity index (χ3n) is 3.86. The topological polar surface area (TPSA) is 62.5 Å². The SMILES string of the molecule is CN(C)c1noc([C@@H]2CCCN(C(=O)Cc3cccs3)C2)n1. The van der Waals surface area contributed by atoms with E-state index in [1.165, 1.54) is 0 Å². The number of carbonyl (C=O) groups is 1. The van der Waals surface area contributed by atoms with Crippen LogP contribution in [0.15, 0.2) is 22.0 Å². The number of rotatable bonds is 4. The first-order valence-corrected chi connectivity index (χ1v) is 8.32. The van der Waals surface area contributed by atoms with Crippen LogP contribution in [-0.4, -0.2) is 48.1 Å². The van der Waals surface area contributed by atoms with Gasteiger partial charge in [-0.3, -0.25) is 4.79 Å². The van der Waals surface area contributed by atoms with Crippen molar-refractivity contribution in [2.24, 2.45) is 0 Å². The van der Waals surface area contributed by atoms with Gasteiger partial charge in [0.15, 0.2) is 0 Å². The first-order chi connectivity index (χ1) is 10.6. The second kappa shape index (κ2) is 6.48. The molecule has 1 atom stereocenters. The number of hydrogen-bond acceptors (Lipinski definition) is 6. The number of hydrogen-bond donors (Lipinski definition) is 0. The van der Waals surface area contributed by atoms with Crippen molar-refractivity contribution >= 4 is 23.2 Å². The van der Waals surface area contributed by atoms with E-state index in [1.54, 1.807) is 11.3 Å². The van der Waals surface area contributed by atoms with Gasteiger partial charge in [-0.05, 0) is 29.4 Å². The van der Waals surface area contributed by atoms with Crippen LogP contribution in [-0.2, 0) is 11.2 Å². The van der Waals surface area contributed by atoms with Gasteiger partial charge in [-0.1, -0.05) is 6.07 Å². The Labute approximate surface area is 133 Å². The van der Waals surface area contributed by atoms with E-state index in [0.717, 1.165) is 24.3 Å². The molecule has 0 spiro atoms. The maximum Gasteiger partial charge on any atom is 0.265 e. The molecule has 0 aromatic carbocycles. The van der Waals surface area contributed by atoms with Crippen molar-refractivity contribution in [1.29, 1.82) is 0 Å². The summed E-state index contributed by atoms with van der Waals surface area (Å²) in [6, 6.07) is 3.98. The van der Waals surface area contributed by atoms with Crippen LogP contribution >= 0.6 is 11.3 Å². The summed E-state index contributed by atoms with van der Waals surface area (Å²) in [5, 5.41) is 5.96. The van der Waals surface area contributed by atoms with Gasteiger partial charge in [0.25, 0.3) is 5.95 Å². The number of likely N-dealkylation sites (tertiary alicyclic amines) is 1. The molecule has 1 saturated heterocycles. The number of piperidine rings is 1. The highest BCUT2D eigenvalue weighted by molar-refractivity contribution is 7.10. The summed E-state index contributed by atoms with van der Waals surface area (Å²) in [6.45, 7) is 1.48. The number of aromatic nitrogens is 2. The van der Waals surface area contributed by atoms with Gasteiger partial charge in [0.1, 0.15) is 0 Å². The van der Waals surface area contributed by atoms with Crippen LogP contribution in [0.25, 0.3) is 0 Å². The fourth-order valence-corrected chi connectivity index (χ4v) is 3.35. The van der Waals surface area contributed by atoms with Gasteiger partial charge in [0.05, 0.1) is 12.3 Å². The summed E-state index contributed by atoms with van der Waals surface area (Å²) in [5.41, 5.74) is 0. The Morgan fingerprint density at radius 3 is 3.09 bits per heavy atom. The van der Waals surface area contributed by atoms with Crippen molar-refractivity contribution in [3.05, 3.63) is 28.3 Å². The lowest BCUT2D eigenvalue weighted by Crippen LogP contribution is -2.39. The predicted molar refractivity (Wildman–Crippen MR) is 85.2 cm³/mol. The zero-order valence-corrected chi connectivity index (χ0v) is 13.7. The van der Waals surface area contributed by atoms with Crippen molar-refractivity contribution in [3.8, 4) is 0 Å². The fraction of sp³-hybridized carbons (Fsp3) is 0.533. The Hall–Kier alpha value is -1.89. The lowest BCUT2D eigenvalue weighted by Gasteiger charge is -2.31. The molecule has 1 amide bonds. The summed E-state index contributed by atoms with van der Waals surface area (Å²) in [4.78, 5) is 21.7. The van der Waals surface area contributed by atoms with Gasteiger partial charge in [-0.2, -0.15) is 4.98 Å². The molecule has 3 heterocycles. The van der Waals surface area contributed by atoms with E-state index < -0.39 is 0 Å². The van der Waals surface area contributed by atoms with Crippen LogP contribution in [0.4, 0.5) is 5.95 Å². The average Bonchev–Trinajstić information content (AvgIpc) is 3.18. The summed E-state index contributed by atoms with van der Waals surface area (Å²) in [7, 11) is 3.76. The molecule has 0 saturated carbocycles. The molecule has 1 fully saturated rings. The van der Waals surface area contributed by atoms with E-state index in [0.29, 0.717) is 24.8 Å². The minimum atomic E-state index is 0.141. The van der Waals surface area contributed by atoms with Gasteiger partial charge < -0.3 is 14.3 Å². The Morgan fingerprint density at radius 2 is 2.41 bits per heavy atom. The second-order valence-electron chi connectivity index (χ2n) is 5.76. The van der Waals surface area contributed by atoms with Crippen molar-refractivity contribution in [1.82, 2.24) is 15.0 Å². The fourth-order valence-electron chi connectivity index (χ4n) is 2.65. The molecule has 118 valence electrons. The van der Waals surface area contributed by atoms with E-state index in [1.807, 2.05) is 41.4 Å². The first kappa shape index (κ1) is 15.0. The molecule has 7 heteroatoms. The number of thiophene rings is 1. The highest BCUT2D eigenvalue weighted by Gasteiger charge is 2.28. The Kier molecular flexibility index (Phi) is 4.42. The first-order valence-electron chi connectivity index (χ1n) is 7.44. The lowest BCUT2D eigenvalue weighted by atomic mass is 9.97. The molecule has 22 heavy (non-hydrogen) atoms. The lowest BCUT2D eigenvalue weighted by molar-refractivity contribution is -0.131. The second-order valence-corrected chi connectivity index (χ2v) is 6.79. The zero-order valence-electron chi connectivity index (χ0n) is 12.9. The summed E-state index contributed by atoms with van der Waals surface area (Å²) >= 11 is 1.63. The predicted octanol–water partition coefficient (Wildman–Crippen LogP) is 2.15. The summed E-state index contributed by atoms with van der Waals surface area (Å²) in [5.74, 6) is 1.54. The maximum atomic E-state index is 12.4. The van der Waals surface area contributed by atoms with E-state index in [-0.39, 0.29) is 11.8 Å². The third-order valence-corrected chi connectivity index (χ3v) is 4.74. The monoisotopic (exact) mass is 320 g/mol. The smallest absolute Gasteiger partial charge is 0.265 e. The average molecular weight is 320 g/mol. The number of amides is 1. The van der Waals surface area contributed by atoms with Gasteiger partial charge in [0.2, 0.25) is 11.8 Å². The number of anilines is 1. The van der Waals surface area contributed by atoms with Crippen molar-refractivity contribution < 1.29 is 9.32 Å². The van der Waals surface area contributed by atoms with Crippen LogP contribution in [0.5, 0.6) is 0 Å². The zero-order chi connectivity index (χ0) is 15.5. The Morgan fingerprint density at radius 1 is 1.55 bits per heavy atom. The summed E-state index contributed by atoms with van der Waals surface area (Å²) < 4.78 is 5.36. The standard InChI is InChI=1S/C15H20N4O2S/c1-18(2)15-16-14(21-17-15)11-5-3-7-19(10-11)13(20)9-12-6-4-8-22-12/h4,6,8,11H,3,5,7,9-10H2,1-2H3/t11-/m1/s1. The molecule has 6 nitrogen and oxygen atoms in total. The van der Waals surface area contributed by atoms with E-state index in [4.69, 9.17) is 4.52 Å². The molecule has 1 aliphatic rings. The largest absolute Gasteiger partial charge is 0.344 e. The van der Waals surface area contributed by atoms with Crippen LogP contribution in [0.1, 0.15) is 29.5 Å². The van der Waals surface area contributed by atoms with Crippen LogP contribution in [0, 0.1) is 0 Å². The van der Waals surface area contributed by atoms with Crippen LogP contribution in [0.2, 0.25) is 0 Å². The van der Waals surface area contributed by atoms with Gasteiger partial charge in [0, 0.05) is 32.1 Å². The molecular weight excluding hydrogens is 300 g/mol. The van der Waals surface area contributed by atoms with Crippen molar-refractivity contribution in [3.63, 3.8) is 0 Å². The summed E-state index contributed by atoms with van der Waals surface area (Å²) in [6.07, 6.45) is 2.44. The van der Waals surface area contributed by atoms with Crippen molar-refractivity contribution in [2.75, 3.05) is 32.1 Å². The van der Waals surface area contributed by atoms with Gasteiger partial charge in [-0.25, -0.2) is 0 Å². The molecule has 3 rings (SSSR count). The molecule has 0 unspecified atom stereocenters.